The Labute approximate surface area is 115 Å². The van der Waals surface area contributed by atoms with E-state index in [0.717, 1.165) is 25.2 Å². The van der Waals surface area contributed by atoms with E-state index in [4.69, 9.17) is 0 Å². The van der Waals surface area contributed by atoms with Crippen molar-refractivity contribution in [2.45, 2.75) is 32.7 Å². The van der Waals surface area contributed by atoms with Crippen LogP contribution < -0.4 is 5.32 Å². The van der Waals surface area contributed by atoms with Gasteiger partial charge in [0.15, 0.2) is 0 Å². The fourth-order valence-electron chi connectivity index (χ4n) is 2.36. The Morgan fingerprint density at radius 2 is 2.11 bits per heavy atom. The second-order valence-electron chi connectivity index (χ2n) is 5.02. The molecule has 3 heteroatoms. The smallest absolute Gasteiger partial charge is 0.110 e. The molecule has 0 bridgehead atoms. The van der Waals surface area contributed by atoms with Crippen molar-refractivity contribution in [1.29, 1.82) is 0 Å². The molecule has 0 aliphatic rings. The summed E-state index contributed by atoms with van der Waals surface area (Å²) in [5.41, 5.74) is 2.71. The van der Waals surface area contributed by atoms with E-state index in [1.807, 2.05) is 12.4 Å². The minimum Gasteiger partial charge on any atom is -0.338 e. The summed E-state index contributed by atoms with van der Waals surface area (Å²) in [6.45, 7) is 5.40. The van der Waals surface area contributed by atoms with E-state index in [1.54, 1.807) is 0 Å². The maximum atomic E-state index is 4.44. The molecule has 1 atom stereocenters. The van der Waals surface area contributed by atoms with E-state index < -0.39 is 0 Å². The van der Waals surface area contributed by atoms with Crippen molar-refractivity contribution >= 4 is 0 Å². The van der Waals surface area contributed by atoms with Gasteiger partial charge >= 0.3 is 0 Å². The molecule has 0 amide bonds. The van der Waals surface area contributed by atoms with Gasteiger partial charge in [-0.2, -0.15) is 0 Å². The van der Waals surface area contributed by atoms with Gasteiger partial charge in [-0.05, 0) is 31.0 Å². The number of nitrogens with zero attached hydrogens (tertiary/aromatic N) is 2. The molecule has 2 rings (SSSR count). The van der Waals surface area contributed by atoms with E-state index in [0.29, 0.717) is 6.04 Å². The molecule has 0 saturated carbocycles. The predicted octanol–water partition coefficient (Wildman–Crippen LogP) is 3.01. The normalized spacial score (nSPS) is 12.6. The summed E-state index contributed by atoms with van der Waals surface area (Å²) in [5.74, 6) is 1.12. The fraction of sp³-hybridized carbons (Fsp3) is 0.438. The Morgan fingerprint density at radius 1 is 1.32 bits per heavy atom. The largest absolute Gasteiger partial charge is 0.338 e. The highest BCUT2D eigenvalue weighted by Gasteiger charge is 2.15. The van der Waals surface area contributed by atoms with Crippen LogP contribution in [0.2, 0.25) is 0 Å². The van der Waals surface area contributed by atoms with Gasteiger partial charge in [0.25, 0.3) is 0 Å². The van der Waals surface area contributed by atoms with Crippen LogP contribution in [0.15, 0.2) is 36.7 Å². The third-order valence-corrected chi connectivity index (χ3v) is 3.51. The molecule has 1 aromatic carbocycles. The first-order valence-corrected chi connectivity index (χ1v) is 6.97. The first-order chi connectivity index (χ1) is 9.22. The van der Waals surface area contributed by atoms with Crippen LogP contribution in [0, 0.1) is 6.92 Å². The topological polar surface area (TPSA) is 29.9 Å². The van der Waals surface area contributed by atoms with Crippen LogP contribution in [0.25, 0.3) is 0 Å². The second-order valence-corrected chi connectivity index (χ2v) is 5.02. The van der Waals surface area contributed by atoms with Gasteiger partial charge in [-0.3, -0.25) is 0 Å². The lowest BCUT2D eigenvalue weighted by Gasteiger charge is -2.20. The van der Waals surface area contributed by atoms with Crippen LogP contribution in [0.5, 0.6) is 0 Å². The number of imidazole rings is 1. The molecule has 0 aliphatic carbocycles. The number of rotatable bonds is 6. The summed E-state index contributed by atoms with van der Waals surface area (Å²) in [6.07, 6.45) is 5.94. The summed E-state index contributed by atoms with van der Waals surface area (Å²) >= 11 is 0. The molecule has 0 radical (unpaired) electrons. The van der Waals surface area contributed by atoms with E-state index in [9.17, 15) is 0 Å². The molecule has 0 aliphatic heterocycles. The average molecular weight is 257 g/mol. The molecule has 102 valence electrons. The van der Waals surface area contributed by atoms with E-state index >= 15 is 0 Å². The first-order valence-electron chi connectivity index (χ1n) is 6.97. The van der Waals surface area contributed by atoms with Gasteiger partial charge in [0.2, 0.25) is 0 Å². The third-order valence-electron chi connectivity index (χ3n) is 3.51. The van der Waals surface area contributed by atoms with E-state index in [1.165, 1.54) is 11.1 Å². The van der Waals surface area contributed by atoms with Crippen molar-refractivity contribution < 1.29 is 0 Å². The Bertz CT molecular complexity index is 516. The maximum absolute atomic E-state index is 4.44. The van der Waals surface area contributed by atoms with Crippen LogP contribution in [-0.2, 0) is 13.5 Å². The van der Waals surface area contributed by atoms with Gasteiger partial charge in [-0.25, -0.2) is 4.98 Å². The SMILES string of the molecule is CCCNC(Cc1nccn1C)c1ccccc1C. The number of benzene rings is 1. The maximum Gasteiger partial charge on any atom is 0.110 e. The van der Waals surface area contributed by atoms with Crippen LogP contribution in [-0.4, -0.2) is 16.1 Å². The fourth-order valence-corrected chi connectivity index (χ4v) is 2.36. The molecule has 0 saturated heterocycles. The zero-order valence-electron chi connectivity index (χ0n) is 12.1. The summed E-state index contributed by atoms with van der Waals surface area (Å²) in [4.78, 5) is 4.44. The monoisotopic (exact) mass is 257 g/mol. The molecule has 2 aromatic rings. The summed E-state index contributed by atoms with van der Waals surface area (Å²) < 4.78 is 2.10. The zero-order valence-corrected chi connectivity index (χ0v) is 12.1. The average Bonchev–Trinajstić information content (AvgIpc) is 2.81. The van der Waals surface area contributed by atoms with Gasteiger partial charge < -0.3 is 9.88 Å². The summed E-state index contributed by atoms with van der Waals surface area (Å²) in [7, 11) is 2.05. The Kier molecular flexibility index (Phi) is 4.74. The van der Waals surface area contributed by atoms with E-state index in [2.05, 4.69) is 60.0 Å². The lowest BCUT2D eigenvalue weighted by atomic mass is 9.98. The lowest BCUT2D eigenvalue weighted by molar-refractivity contribution is 0.510. The number of nitrogens with one attached hydrogen (secondary N) is 1. The number of hydrogen-bond acceptors (Lipinski definition) is 2. The summed E-state index contributed by atoms with van der Waals surface area (Å²) in [6, 6.07) is 8.93. The summed E-state index contributed by atoms with van der Waals surface area (Å²) in [5, 5.41) is 3.64. The van der Waals surface area contributed by atoms with Gasteiger partial charge in [-0.15, -0.1) is 0 Å². The Balaban J connectivity index is 2.21. The van der Waals surface area contributed by atoms with Gasteiger partial charge in [0.1, 0.15) is 5.82 Å². The molecular formula is C16H23N3. The lowest BCUT2D eigenvalue weighted by Crippen LogP contribution is -2.25. The standard InChI is InChI=1S/C16H23N3/c1-4-9-17-15(12-16-18-10-11-19(16)3)14-8-6-5-7-13(14)2/h5-8,10-11,15,17H,4,9,12H2,1-3H3. The molecule has 1 heterocycles. The molecule has 1 unspecified atom stereocenters. The molecule has 1 N–H and O–H groups in total. The molecule has 3 nitrogen and oxygen atoms in total. The number of hydrogen-bond donors (Lipinski definition) is 1. The van der Waals surface area contributed by atoms with Crippen LogP contribution >= 0.6 is 0 Å². The zero-order chi connectivity index (χ0) is 13.7. The third kappa shape index (κ3) is 3.44. The first kappa shape index (κ1) is 13.8. The predicted molar refractivity (Wildman–Crippen MR) is 79.1 cm³/mol. The number of aromatic nitrogens is 2. The highest BCUT2D eigenvalue weighted by molar-refractivity contribution is 5.29. The van der Waals surface area contributed by atoms with Gasteiger partial charge in [0, 0.05) is 31.9 Å². The van der Waals surface area contributed by atoms with Crippen LogP contribution in [0.4, 0.5) is 0 Å². The van der Waals surface area contributed by atoms with E-state index in [-0.39, 0.29) is 0 Å². The van der Waals surface area contributed by atoms with Crippen molar-refractivity contribution in [2.75, 3.05) is 6.54 Å². The molecule has 19 heavy (non-hydrogen) atoms. The molecule has 0 spiro atoms. The molecule has 0 fully saturated rings. The number of aryl methyl sites for hydroxylation is 2. The molecular weight excluding hydrogens is 234 g/mol. The van der Waals surface area contributed by atoms with Crippen LogP contribution in [0.1, 0.15) is 36.3 Å². The highest BCUT2D eigenvalue weighted by Crippen LogP contribution is 2.21. The minimum atomic E-state index is 0.335. The quantitative estimate of drug-likeness (QED) is 0.862. The van der Waals surface area contributed by atoms with Crippen LogP contribution in [0.3, 0.4) is 0 Å². The Morgan fingerprint density at radius 3 is 2.74 bits per heavy atom. The van der Waals surface area contributed by atoms with Crippen molar-refractivity contribution in [3.8, 4) is 0 Å². The van der Waals surface area contributed by atoms with Crippen molar-refractivity contribution in [3.05, 3.63) is 53.6 Å². The Hall–Kier alpha value is -1.61. The van der Waals surface area contributed by atoms with Crippen molar-refractivity contribution in [1.82, 2.24) is 14.9 Å². The second kappa shape index (κ2) is 6.53. The van der Waals surface area contributed by atoms with Gasteiger partial charge in [-0.1, -0.05) is 31.2 Å². The highest BCUT2D eigenvalue weighted by atomic mass is 15.0. The van der Waals surface area contributed by atoms with Crippen molar-refractivity contribution in [3.63, 3.8) is 0 Å². The minimum absolute atomic E-state index is 0.335. The molecule has 1 aromatic heterocycles. The van der Waals surface area contributed by atoms with Crippen molar-refractivity contribution in [2.24, 2.45) is 7.05 Å². The van der Waals surface area contributed by atoms with Gasteiger partial charge in [0.05, 0.1) is 0 Å².